The van der Waals surface area contributed by atoms with Crippen LogP contribution in [0.2, 0.25) is 0 Å². The summed E-state index contributed by atoms with van der Waals surface area (Å²) in [5, 5.41) is 5.41. The molecule has 2 aromatic rings. The Morgan fingerprint density at radius 3 is 2.12 bits per heavy atom. The molecule has 0 radical (unpaired) electrons. The number of hydrogen-bond donors (Lipinski definition) is 2. The lowest BCUT2D eigenvalue weighted by molar-refractivity contribution is -0.137. The van der Waals surface area contributed by atoms with Gasteiger partial charge in [0, 0.05) is 11.4 Å². The van der Waals surface area contributed by atoms with Crippen LogP contribution < -0.4 is 10.6 Å². The van der Waals surface area contributed by atoms with Gasteiger partial charge in [-0.15, -0.1) is 0 Å². The zero-order valence-corrected chi connectivity index (χ0v) is 14.4. The van der Waals surface area contributed by atoms with E-state index in [1.807, 2.05) is 24.3 Å². The van der Waals surface area contributed by atoms with Crippen LogP contribution in [0.25, 0.3) is 0 Å². The van der Waals surface area contributed by atoms with Crippen LogP contribution in [0.1, 0.15) is 31.9 Å². The number of halogens is 3. The first-order valence-corrected chi connectivity index (χ1v) is 7.87. The lowest BCUT2D eigenvalue weighted by atomic mass is 9.87. The molecule has 2 N–H and O–H groups in total. The van der Waals surface area contributed by atoms with Gasteiger partial charge in [0.25, 0.3) is 0 Å². The molecule has 1 amide bonds. The number of carbonyl (C=O) groups is 1. The summed E-state index contributed by atoms with van der Waals surface area (Å²) >= 11 is 0. The van der Waals surface area contributed by atoms with Crippen LogP contribution in [0, 0.1) is 0 Å². The van der Waals surface area contributed by atoms with Crippen molar-refractivity contribution in [3.05, 3.63) is 59.7 Å². The Balaban J connectivity index is 1.93. The molecule has 0 aliphatic carbocycles. The first-order valence-electron chi connectivity index (χ1n) is 7.87. The number of amides is 1. The van der Waals surface area contributed by atoms with Gasteiger partial charge in [-0.2, -0.15) is 13.2 Å². The highest BCUT2D eigenvalue weighted by atomic mass is 19.4. The average Bonchev–Trinajstić information content (AvgIpc) is 2.52. The van der Waals surface area contributed by atoms with E-state index in [4.69, 9.17) is 0 Å². The summed E-state index contributed by atoms with van der Waals surface area (Å²) in [6.45, 7) is 6.17. The zero-order chi connectivity index (χ0) is 18.7. The van der Waals surface area contributed by atoms with Crippen LogP contribution in [0.15, 0.2) is 48.5 Å². The molecule has 3 nitrogen and oxygen atoms in total. The first kappa shape index (κ1) is 18.8. The fourth-order valence-electron chi connectivity index (χ4n) is 2.25. The highest BCUT2D eigenvalue weighted by molar-refractivity contribution is 5.93. The predicted molar refractivity (Wildman–Crippen MR) is 93.7 cm³/mol. The largest absolute Gasteiger partial charge is 0.416 e. The second-order valence-electron chi connectivity index (χ2n) is 6.81. The quantitative estimate of drug-likeness (QED) is 0.810. The van der Waals surface area contributed by atoms with E-state index >= 15 is 0 Å². The standard InChI is InChI=1S/C19H21F3N2O/c1-18(2,3)13-7-9-15(10-8-13)24-17(25)12-23-16-6-4-5-14(11-16)19(20,21)22/h4-11,23H,12H2,1-3H3,(H,24,25). The second-order valence-corrected chi connectivity index (χ2v) is 6.81. The monoisotopic (exact) mass is 350 g/mol. The molecule has 0 bridgehead atoms. The summed E-state index contributed by atoms with van der Waals surface area (Å²) in [4.78, 5) is 12.0. The third-order valence-corrected chi connectivity index (χ3v) is 3.68. The van der Waals surface area contributed by atoms with E-state index in [0.717, 1.165) is 17.7 Å². The third-order valence-electron chi connectivity index (χ3n) is 3.68. The predicted octanol–water partition coefficient (Wildman–Crippen LogP) is 5.05. The Hall–Kier alpha value is -2.50. The number of alkyl halides is 3. The number of anilines is 2. The molecule has 0 aromatic heterocycles. The Labute approximate surface area is 145 Å². The minimum atomic E-state index is -4.41. The van der Waals surface area contributed by atoms with Crippen LogP contribution in [-0.4, -0.2) is 12.5 Å². The summed E-state index contributed by atoms with van der Waals surface area (Å²) in [5.41, 5.74) is 1.30. The van der Waals surface area contributed by atoms with Crippen LogP contribution >= 0.6 is 0 Å². The molecule has 2 rings (SSSR count). The highest BCUT2D eigenvalue weighted by Crippen LogP contribution is 2.30. The maximum atomic E-state index is 12.7. The van der Waals surface area contributed by atoms with Gasteiger partial charge in [-0.1, -0.05) is 39.0 Å². The Morgan fingerprint density at radius 1 is 0.920 bits per heavy atom. The molecule has 0 fully saturated rings. The molecule has 134 valence electrons. The summed E-state index contributed by atoms with van der Waals surface area (Å²) in [6, 6.07) is 12.2. The fourth-order valence-corrected chi connectivity index (χ4v) is 2.25. The van der Waals surface area contributed by atoms with E-state index in [0.29, 0.717) is 5.69 Å². The van der Waals surface area contributed by atoms with E-state index in [1.54, 1.807) is 0 Å². The van der Waals surface area contributed by atoms with Crippen molar-refractivity contribution in [2.45, 2.75) is 32.4 Å². The van der Waals surface area contributed by atoms with Crippen molar-refractivity contribution in [3.8, 4) is 0 Å². The van der Waals surface area contributed by atoms with Gasteiger partial charge >= 0.3 is 6.18 Å². The molecule has 0 aliphatic heterocycles. The Bertz CT molecular complexity index is 732. The normalized spacial score (nSPS) is 11.9. The molecule has 0 saturated carbocycles. The number of benzene rings is 2. The molecule has 0 saturated heterocycles. The minimum Gasteiger partial charge on any atom is -0.376 e. The molecular formula is C19H21F3N2O. The van der Waals surface area contributed by atoms with Crippen LogP contribution in [0.5, 0.6) is 0 Å². The summed E-state index contributed by atoms with van der Waals surface area (Å²) in [5.74, 6) is -0.332. The molecule has 0 heterocycles. The van der Waals surface area contributed by atoms with E-state index in [2.05, 4.69) is 31.4 Å². The maximum Gasteiger partial charge on any atom is 0.416 e. The first-order chi connectivity index (χ1) is 11.6. The average molecular weight is 350 g/mol. The van der Waals surface area contributed by atoms with Crippen molar-refractivity contribution >= 4 is 17.3 Å². The van der Waals surface area contributed by atoms with Crippen molar-refractivity contribution in [3.63, 3.8) is 0 Å². The summed E-state index contributed by atoms with van der Waals surface area (Å²) in [6.07, 6.45) is -4.41. The third kappa shape index (κ3) is 5.52. The van der Waals surface area contributed by atoms with Gasteiger partial charge < -0.3 is 10.6 Å². The summed E-state index contributed by atoms with van der Waals surface area (Å²) in [7, 11) is 0. The molecule has 0 spiro atoms. The minimum absolute atomic E-state index is 0.0214. The number of carbonyl (C=O) groups excluding carboxylic acids is 1. The lowest BCUT2D eigenvalue weighted by Crippen LogP contribution is -2.22. The van der Waals surface area contributed by atoms with E-state index in [9.17, 15) is 18.0 Å². The van der Waals surface area contributed by atoms with Crippen molar-refractivity contribution in [2.24, 2.45) is 0 Å². The molecule has 0 aliphatic rings. The molecule has 25 heavy (non-hydrogen) atoms. The van der Waals surface area contributed by atoms with Crippen LogP contribution in [-0.2, 0) is 16.4 Å². The lowest BCUT2D eigenvalue weighted by Gasteiger charge is -2.19. The van der Waals surface area contributed by atoms with Gasteiger partial charge in [0.2, 0.25) is 5.91 Å². The van der Waals surface area contributed by atoms with Crippen LogP contribution in [0.4, 0.5) is 24.5 Å². The molecular weight excluding hydrogens is 329 g/mol. The number of hydrogen-bond acceptors (Lipinski definition) is 2. The molecule has 6 heteroatoms. The zero-order valence-electron chi connectivity index (χ0n) is 14.4. The second kappa shape index (κ2) is 7.17. The van der Waals surface area contributed by atoms with Crippen molar-refractivity contribution in [1.82, 2.24) is 0 Å². The van der Waals surface area contributed by atoms with Crippen LogP contribution in [0.3, 0.4) is 0 Å². The molecule has 0 atom stereocenters. The van der Waals surface area contributed by atoms with E-state index in [1.165, 1.54) is 12.1 Å². The topological polar surface area (TPSA) is 41.1 Å². The van der Waals surface area contributed by atoms with E-state index < -0.39 is 11.7 Å². The van der Waals surface area contributed by atoms with Gasteiger partial charge in [0.1, 0.15) is 0 Å². The Kier molecular flexibility index (Phi) is 5.40. The SMILES string of the molecule is CC(C)(C)c1ccc(NC(=O)CNc2cccc(C(F)(F)F)c2)cc1. The molecule has 2 aromatic carbocycles. The number of rotatable bonds is 4. The van der Waals surface area contributed by atoms with Crippen molar-refractivity contribution < 1.29 is 18.0 Å². The van der Waals surface area contributed by atoms with Crippen molar-refractivity contribution in [1.29, 1.82) is 0 Å². The van der Waals surface area contributed by atoms with Gasteiger partial charge in [0.15, 0.2) is 0 Å². The highest BCUT2D eigenvalue weighted by Gasteiger charge is 2.30. The number of nitrogens with one attached hydrogen (secondary N) is 2. The van der Waals surface area contributed by atoms with E-state index in [-0.39, 0.29) is 23.6 Å². The summed E-state index contributed by atoms with van der Waals surface area (Å²) < 4.78 is 38.0. The van der Waals surface area contributed by atoms with Gasteiger partial charge in [-0.05, 0) is 41.3 Å². The molecule has 0 unspecified atom stereocenters. The fraction of sp³-hybridized carbons (Fsp3) is 0.316. The van der Waals surface area contributed by atoms with Crippen molar-refractivity contribution in [2.75, 3.05) is 17.2 Å². The maximum absolute atomic E-state index is 12.7. The van der Waals surface area contributed by atoms with Gasteiger partial charge in [0.05, 0.1) is 12.1 Å². The smallest absolute Gasteiger partial charge is 0.376 e. The van der Waals surface area contributed by atoms with Gasteiger partial charge in [-0.25, -0.2) is 0 Å². The Morgan fingerprint density at radius 2 is 1.56 bits per heavy atom. The van der Waals surface area contributed by atoms with Gasteiger partial charge in [-0.3, -0.25) is 4.79 Å².